The Morgan fingerprint density at radius 3 is 1.95 bits per heavy atom. The highest BCUT2D eigenvalue weighted by molar-refractivity contribution is 5.68. The zero-order chi connectivity index (χ0) is 14.9. The Kier molecular flexibility index (Phi) is 4.55. The molecule has 1 aliphatic heterocycles. The van der Waals surface area contributed by atoms with E-state index in [0.29, 0.717) is 0 Å². The van der Waals surface area contributed by atoms with Crippen LogP contribution in [0.25, 0.3) is 0 Å². The minimum atomic E-state index is -0.422. The number of ether oxygens (including phenoxy) is 1. The van der Waals surface area contributed by atoms with Gasteiger partial charge in [0.2, 0.25) is 0 Å². The molecule has 1 heterocycles. The molecule has 0 spiro atoms. The maximum absolute atomic E-state index is 11.7. The number of nitrogens with one attached hydrogen (secondary N) is 1. The summed E-state index contributed by atoms with van der Waals surface area (Å²) >= 11 is 0. The van der Waals surface area contributed by atoms with Crippen LogP contribution < -0.4 is 5.32 Å². The number of piperidine rings is 1. The van der Waals surface area contributed by atoms with Crippen molar-refractivity contribution in [3.8, 4) is 0 Å². The predicted molar refractivity (Wildman–Crippen MR) is 78.1 cm³/mol. The molecule has 0 atom stereocenters. The zero-order valence-electron chi connectivity index (χ0n) is 13.7. The number of likely N-dealkylation sites (tertiary alicyclic amines) is 1. The highest BCUT2D eigenvalue weighted by Gasteiger charge is 2.40. The summed E-state index contributed by atoms with van der Waals surface area (Å²) in [5.74, 6) is 0. The van der Waals surface area contributed by atoms with Crippen LogP contribution in [0.15, 0.2) is 0 Å². The number of nitrogens with zero attached hydrogens (tertiary/aromatic N) is 1. The number of alkyl carbamates (subject to hydrolysis) is 1. The largest absolute Gasteiger partial charge is 0.444 e. The van der Waals surface area contributed by atoms with Gasteiger partial charge in [0.1, 0.15) is 5.60 Å². The van der Waals surface area contributed by atoms with Crippen molar-refractivity contribution < 1.29 is 14.0 Å². The van der Waals surface area contributed by atoms with Gasteiger partial charge < -0.3 is 14.5 Å². The standard InChI is InChI=1S/C15H30N2O2/c1-14(2,3)17(7)10-8-12(9-11-17)16-13(18)19-15(4,5)6/h12H,8-11H2,1-7H3/p+1. The molecule has 0 unspecified atom stereocenters. The third-order valence-corrected chi connectivity index (χ3v) is 4.28. The molecular formula is C15H31N2O2+. The second kappa shape index (κ2) is 5.31. The van der Waals surface area contributed by atoms with Gasteiger partial charge in [0.25, 0.3) is 0 Å². The van der Waals surface area contributed by atoms with E-state index >= 15 is 0 Å². The minimum absolute atomic E-state index is 0.253. The third kappa shape index (κ3) is 4.68. The molecule has 112 valence electrons. The molecular weight excluding hydrogens is 240 g/mol. The Morgan fingerprint density at radius 1 is 1.11 bits per heavy atom. The maximum Gasteiger partial charge on any atom is 0.407 e. The molecule has 4 nitrogen and oxygen atoms in total. The van der Waals surface area contributed by atoms with Gasteiger partial charge in [0.05, 0.1) is 25.7 Å². The lowest BCUT2D eigenvalue weighted by molar-refractivity contribution is -0.957. The Bertz CT molecular complexity index is 318. The van der Waals surface area contributed by atoms with Crippen LogP contribution in [0.3, 0.4) is 0 Å². The third-order valence-electron chi connectivity index (χ3n) is 4.28. The van der Waals surface area contributed by atoms with E-state index in [1.807, 2.05) is 20.8 Å². The zero-order valence-corrected chi connectivity index (χ0v) is 13.7. The predicted octanol–water partition coefficient (Wildman–Crippen LogP) is 2.92. The number of carbonyl (C=O) groups is 1. The van der Waals surface area contributed by atoms with Crippen LogP contribution in [-0.4, -0.2) is 47.9 Å². The van der Waals surface area contributed by atoms with E-state index in [1.54, 1.807) is 0 Å². The maximum atomic E-state index is 11.7. The van der Waals surface area contributed by atoms with Gasteiger partial charge in [-0.2, -0.15) is 0 Å². The molecule has 1 rings (SSSR count). The smallest absolute Gasteiger partial charge is 0.407 e. The molecule has 1 N–H and O–H groups in total. The van der Waals surface area contributed by atoms with Gasteiger partial charge in [0, 0.05) is 18.9 Å². The van der Waals surface area contributed by atoms with Gasteiger partial charge in [-0.1, -0.05) is 0 Å². The van der Waals surface area contributed by atoms with E-state index in [2.05, 4.69) is 33.1 Å². The van der Waals surface area contributed by atoms with Crippen LogP contribution in [0.2, 0.25) is 0 Å². The first-order chi connectivity index (χ1) is 8.43. The summed E-state index contributed by atoms with van der Waals surface area (Å²) < 4.78 is 6.37. The molecule has 0 aromatic rings. The number of hydrogen-bond donors (Lipinski definition) is 1. The minimum Gasteiger partial charge on any atom is -0.444 e. The number of amides is 1. The van der Waals surface area contributed by atoms with E-state index in [1.165, 1.54) is 0 Å². The lowest BCUT2D eigenvalue weighted by atomic mass is 9.94. The lowest BCUT2D eigenvalue weighted by Crippen LogP contribution is -2.62. The molecule has 4 heteroatoms. The van der Waals surface area contributed by atoms with Crippen molar-refractivity contribution in [3.63, 3.8) is 0 Å². The summed E-state index contributed by atoms with van der Waals surface area (Å²) in [6.45, 7) is 14.7. The molecule has 0 saturated carbocycles. The monoisotopic (exact) mass is 271 g/mol. The normalized spacial score (nSPS) is 28.9. The van der Waals surface area contributed by atoms with Crippen LogP contribution in [0.5, 0.6) is 0 Å². The van der Waals surface area contributed by atoms with E-state index < -0.39 is 5.60 Å². The highest BCUT2D eigenvalue weighted by atomic mass is 16.6. The van der Waals surface area contributed by atoms with Crippen molar-refractivity contribution in [2.75, 3.05) is 20.1 Å². The van der Waals surface area contributed by atoms with E-state index in [-0.39, 0.29) is 17.7 Å². The van der Waals surface area contributed by atoms with Crippen molar-refractivity contribution in [2.45, 2.75) is 71.6 Å². The first-order valence-electron chi connectivity index (χ1n) is 7.27. The summed E-state index contributed by atoms with van der Waals surface area (Å²) in [5.41, 5.74) is -0.161. The van der Waals surface area contributed by atoms with Crippen molar-refractivity contribution >= 4 is 6.09 Å². The molecule has 0 aliphatic carbocycles. The van der Waals surface area contributed by atoms with Crippen molar-refractivity contribution in [1.29, 1.82) is 0 Å². The average Bonchev–Trinajstić information content (AvgIpc) is 2.17. The first kappa shape index (κ1) is 16.3. The number of carbonyl (C=O) groups excluding carboxylic acids is 1. The van der Waals surface area contributed by atoms with Crippen LogP contribution in [0.1, 0.15) is 54.4 Å². The van der Waals surface area contributed by atoms with Crippen LogP contribution >= 0.6 is 0 Å². The highest BCUT2D eigenvalue weighted by Crippen LogP contribution is 2.28. The SMILES string of the molecule is CC(C)(C)OC(=O)NC1CC[N+](C)(C(C)(C)C)CC1. The summed E-state index contributed by atoms with van der Waals surface area (Å²) in [7, 11) is 2.31. The second-order valence-corrected chi connectivity index (χ2v) is 7.93. The molecule has 0 aromatic heterocycles. The molecule has 19 heavy (non-hydrogen) atoms. The summed E-state index contributed by atoms with van der Waals surface area (Å²) in [4.78, 5) is 11.7. The number of hydrogen-bond acceptors (Lipinski definition) is 2. The van der Waals surface area contributed by atoms with Crippen LogP contribution in [0, 0.1) is 0 Å². The van der Waals surface area contributed by atoms with E-state index in [9.17, 15) is 4.79 Å². The van der Waals surface area contributed by atoms with Gasteiger partial charge in [-0.3, -0.25) is 0 Å². The lowest BCUT2D eigenvalue weighted by Gasteiger charge is -2.49. The Balaban J connectivity index is 2.45. The fraction of sp³-hybridized carbons (Fsp3) is 0.933. The average molecular weight is 271 g/mol. The molecule has 1 aliphatic rings. The Labute approximate surface area is 118 Å². The van der Waals surface area contributed by atoms with Crippen molar-refractivity contribution in [2.24, 2.45) is 0 Å². The summed E-state index contributed by atoms with van der Waals surface area (Å²) in [6, 6.07) is 0.253. The molecule has 1 saturated heterocycles. The Morgan fingerprint density at radius 2 is 1.58 bits per heavy atom. The molecule has 1 amide bonds. The van der Waals surface area contributed by atoms with E-state index in [4.69, 9.17) is 4.74 Å². The van der Waals surface area contributed by atoms with Gasteiger partial charge in [0.15, 0.2) is 0 Å². The van der Waals surface area contributed by atoms with Gasteiger partial charge in [-0.25, -0.2) is 4.79 Å². The first-order valence-corrected chi connectivity index (χ1v) is 7.27. The quantitative estimate of drug-likeness (QED) is 0.745. The second-order valence-electron chi connectivity index (χ2n) is 7.93. The van der Waals surface area contributed by atoms with Crippen molar-refractivity contribution in [3.05, 3.63) is 0 Å². The van der Waals surface area contributed by atoms with Crippen molar-refractivity contribution in [1.82, 2.24) is 5.32 Å². The van der Waals surface area contributed by atoms with Crippen LogP contribution in [-0.2, 0) is 4.74 Å². The molecule has 1 fully saturated rings. The topological polar surface area (TPSA) is 38.3 Å². The number of quaternary nitrogens is 1. The summed E-state index contributed by atoms with van der Waals surface area (Å²) in [6.07, 6.45) is 1.75. The molecule has 0 bridgehead atoms. The fourth-order valence-electron chi connectivity index (χ4n) is 2.43. The van der Waals surface area contributed by atoms with E-state index in [0.717, 1.165) is 30.4 Å². The van der Waals surface area contributed by atoms with Crippen LogP contribution in [0.4, 0.5) is 4.79 Å². The fourth-order valence-corrected chi connectivity index (χ4v) is 2.43. The van der Waals surface area contributed by atoms with Gasteiger partial charge in [-0.05, 0) is 41.5 Å². The van der Waals surface area contributed by atoms with Gasteiger partial charge >= 0.3 is 6.09 Å². The molecule has 0 radical (unpaired) electrons. The Hall–Kier alpha value is -0.770. The number of rotatable bonds is 1. The van der Waals surface area contributed by atoms with Gasteiger partial charge in [-0.15, -0.1) is 0 Å². The molecule has 0 aromatic carbocycles. The summed E-state index contributed by atoms with van der Waals surface area (Å²) in [5, 5.41) is 2.99.